The summed E-state index contributed by atoms with van der Waals surface area (Å²) in [5.74, 6) is 0.547. The molecule has 1 atom stereocenters. The van der Waals surface area contributed by atoms with Crippen molar-refractivity contribution in [2.45, 2.75) is 44.2 Å². The summed E-state index contributed by atoms with van der Waals surface area (Å²) in [6, 6.07) is 16.9. The van der Waals surface area contributed by atoms with Gasteiger partial charge in [-0.15, -0.1) is 11.8 Å². The Bertz CT molecular complexity index is 753. The van der Waals surface area contributed by atoms with Crippen LogP contribution in [0.25, 0.3) is 0 Å². The Morgan fingerprint density at radius 1 is 1.07 bits per heavy atom. The van der Waals surface area contributed by atoms with Crippen molar-refractivity contribution in [3.63, 3.8) is 0 Å². The molecule has 0 heterocycles. The van der Waals surface area contributed by atoms with Gasteiger partial charge in [0.25, 0.3) is 0 Å². The molecule has 2 aromatic carbocycles. The topological polar surface area (TPSA) is 49.4 Å². The van der Waals surface area contributed by atoms with Crippen LogP contribution in [0, 0.1) is 0 Å². The van der Waals surface area contributed by atoms with Crippen LogP contribution in [0.4, 0.5) is 0 Å². The summed E-state index contributed by atoms with van der Waals surface area (Å²) < 4.78 is 0. The van der Waals surface area contributed by atoms with Crippen LogP contribution >= 0.6 is 23.4 Å². The van der Waals surface area contributed by atoms with Gasteiger partial charge in [0.2, 0.25) is 11.8 Å². The number of carbonyl (C=O) groups is 2. The largest absolute Gasteiger partial charge is 0.355 e. The number of carbonyl (C=O) groups excluding carboxylic acids is 2. The molecule has 0 saturated carbocycles. The van der Waals surface area contributed by atoms with Crippen molar-refractivity contribution in [1.82, 2.24) is 10.2 Å². The highest BCUT2D eigenvalue weighted by atomic mass is 35.5. The fourth-order valence-electron chi connectivity index (χ4n) is 2.91. The highest BCUT2D eigenvalue weighted by Crippen LogP contribution is 2.20. The van der Waals surface area contributed by atoms with Gasteiger partial charge >= 0.3 is 0 Å². The molecule has 6 heteroatoms. The van der Waals surface area contributed by atoms with Crippen molar-refractivity contribution in [3.05, 3.63) is 65.2 Å². The first kappa shape index (κ1) is 22.3. The van der Waals surface area contributed by atoms with Gasteiger partial charge < -0.3 is 10.2 Å². The number of amides is 2. The molecule has 1 N–H and O–H groups in total. The van der Waals surface area contributed by atoms with Crippen molar-refractivity contribution in [1.29, 1.82) is 0 Å². The molecule has 0 aliphatic carbocycles. The van der Waals surface area contributed by atoms with Crippen molar-refractivity contribution in [2.75, 3.05) is 12.3 Å². The van der Waals surface area contributed by atoms with E-state index in [2.05, 4.69) is 5.32 Å². The summed E-state index contributed by atoms with van der Waals surface area (Å²) in [5, 5.41) is 3.50. The average Bonchev–Trinajstić information content (AvgIpc) is 2.70. The third-order valence-corrected chi connectivity index (χ3v) is 5.60. The first-order valence-electron chi connectivity index (χ1n) is 9.54. The Balaban J connectivity index is 2.09. The van der Waals surface area contributed by atoms with Crippen LogP contribution in [-0.2, 0) is 16.1 Å². The van der Waals surface area contributed by atoms with Crippen LogP contribution in [0.3, 0.4) is 0 Å². The van der Waals surface area contributed by atoms with Crippen LogP contribution in [0.5, 0.6) is 0 Å². The molecule has 150 valence electrons. The second-order valence-corrected chi connectivity index (χ2v) is 7.98. The van der Waals surface area contributed by atoms with Crippen LogP contribution in [0.2, 0.25) is 5.02 Å². The van der Waals surface area contributed by atoms with Crippen molar-refractivity contribution in [3.8, 4) is 0 Å². The smallest absolute Gasteiger partial charge is 0.242 e. The maximum absolute atomic E-state index is 13.0. The van der Waals surface area contributed by atoms with Gasteiger partial charge in [0, 0.05) is 35.2 Å². The zero-order valence-corrected chi connectivity index (χ0v) is 17.9. The van der Waals surface area contributed by atoms with E-state index in [0.717, 1.165) is 10.5 Å². The van der Waals surface area contributed by atoms with Crippen LogP contribution in [0.1, 0.15) is 32.3 Å². The molecule has 0 aromatic heterocycles. The van der Waals surface area contributed by atoms with Gasteiger partial charge in [-0.05, 0) is 43.2 Å². The number of likely N-dealkylation sites (N-methyl/N-ethyl adjacent to an activating group) is 1. The van der Waals surface area contributed by atoms with Crippen LogP contribution in [-0.4, -0.2) is 35.1 Å². The Morgan fingerprint density at radius 2 is 1.75 bits per heavy atom. The van der Waals surface area contributed by atoms with E-state index in [4.69, 9.17) is 11.6 Å². The second-order valence-electron chi connectivity index (χ2n) is 6.38. The lowest BCUT2D eigenvalue weighted by molar-refractivity contribution is -0.141. The molecule has 0 radical (unpaired) electrons. The zero-order valence-electron chi connectivity index (χ0n) is 16.4. The first-order chi connectivity index (χ1) is 13.5. The van der Waals surface area contributed by atoms with E-state index >= 15 is 0 Å². The number of nitrogens with one attached hydrogen (secondary N) is 1. The monoisotopic (exact) mass is 418 g/mol. The lowest BCUT2D eigenvalue weighted by Crippen LogP contribution is -2.49. The summed E-state index contributed by atoms with van der Waals surface area (Å²) in [5.41, 5.74) is 0.955. The molecule has 0 aliphatic rings. The molecule has 2 aromatic rings. The third-order valence-electron chi connectivity index (χ3n) is 4.33. The van der Waals surface area contributed by atoms with Crippen molar-refractivity contribution in [2.24, 2.45) is 0 Å². The quantitative estimate of drug-likeness (QED) is 0.565. The Hall–Kier alpha value is -1.98. The summed E-state index contributed by atoms with van der Waals surface area (Å²) >= 11 is 7.62. The van der Waals surface area contributed by atoms with E-state index in [1.54, 1.807) is 28.8 Å². The van der Waals surface area contributed by atoms with Crippen molar-refractivity contribution >= 4 is 35.2 Å². The number of hydrogen-bond acceptors (Lipinski definition) is 3. The molecule has 0 saturated heterocycles. The van der Waals surface area contributed by atoms with E-state index < -0.39 is 6.04 Å². The maximum atomic E-state index is 13.0. The number of halogens is 1. The first-order valence-corrected chi connectivity index (χ1v) is 10.9. The predicted molar refractivity (Wildman–Crippen MR) is 117 cm³/mol. The van der Waals surface area contributed by atoms with Gasteiger partial charge in [-0.2, -0.15) is 0 Å². The SMILES string of the molecule is CCNC(=O)C(CC)N(Cc1ccc(Cl)cc1)C(=O)CCSc1ccccc1. The Morgan fingerprint density at radius 3 is 2.36 bits per heavy atom. The molecule has 2 amide bonds. The number of benzene rings is 2. The predicted octanol–water partition coefficient (Wildman–Crippen LogP) is 4.77. The highest BCUT2D eigenvalue weighted by molar-refractivity contribution is 7.99. The van der Waals surface area contributed by atoms with Crippen molar-refractivity contribution < 1.29 is 9.59 Å². The number of nitrogens with zero attached hydrogens (tertiary/aromatic N) is 1. The van der Waals surface area contributed by atoms with Gasteiger partial charge in [-0.25, -0.2) is 0 Å². The molecule has 0 fully saturated rings. The minimum atomic E-state index is -0.482. The molecule has 2 rings (SSSR count). The summed E-state index contributed by atoms with van der Waals surface area (Å²) in [6.07, 6.45) is 0.944. The minimum Gasteiger partial charge on any atom is -0.355 e. The van der Waals surface area contributed by atoms with Crippen LogP contribution < -0.4 is 5.32 Å². The second kappa shape index (κ2) is 11.8. The lowest BCUT2D eigenvalue weighted by Gasteiger charge is -2.30. The maximum Gasteiger partial charge on any atom is 0.242 e. The fourth-order valence-corrected chi connectivity index (χ4v) is 3.90. The lowest BCUT2D eigenvalue weighted by atomic mass is 10.1. The highest BCUT2D eigenvalue weighted by Gasteiger charge is 2.28. The van der Waals surface area contributed by atoms with E-state index in [1.807, 2.05) is 56.3 Å². The molecular formula is C22H27ClN2O2S. The standard InChI is InChI=1S/C22H27ClN2O2S/c1-3-20(22(27)24-4-2)25(16-17-10-12-18(23)13-11-17)21(26)14-15-28-19-8-6-5-7-9-19/h5-13,20H,3-4,14-16H2,1-2H3,(H,24,27). The van der Waals surface area contributed by atoms with Crippen LogP contribution in [0.15, 0.2) is 59.5 Å². The fraction of sp³-hybridized carbons (Fsp3) is 0.364. The Kier molecular flexibility index (Phi) is 9.38. The van der Waals surface area contributed by atoms with Gasteiger partial charge in [0.05, 0.1) is 0 Å². The van der Waals surface area contributed by atoms with E-state index in [0.29, 0.717) is 36.7 Å². The summed E-state index contributed by atoms with van der Waals surface area (Å²) in [6.45, 7) is 4.75. The van der Waals surface area contributed by atoms with Gasteiger partial charge in [0.1, 0.15) is 6.04 Å². The molecule has 0 spiro atoms. The minimum absolute atomic E-state index is 0.0171. The molecule has 0 aliphatic heterocycles. The average molecular weight is 419 g/mol. The van der Waals surface area contributed by atoms with Gasteiger partial charge in [0.15, 0.2) is 0 Å². The Labute approximate surface area is 176 Å². The van der Waals surface area contributed by atoms with E-state index in [9.17, 15) is 9.59 Å². The molecular weight excluding hydrogens is 392 g/mol. The molecule has 28 heavy (non-hydrogen) atoms. The number of hydrogen-bond donors (Lipinski definition) is 1. The van der Waals surface area contributed by atoms with Gasteiger partial charge in [-0.1, -0.05) is 48.9 Å². The molecule has 1 unspecified atom stereocenters. The number of thioether (sulfide) groups is 1. The zero-order chi connectivity index (χ0) is 20.4. The summed E-state index contributed by atoms with van der Waals surface area (Å²) in [7, 11) is 0. The van der Waals surface area contributed by atoms with Gasteiger partial charge in [-0.3, -0.25) is 9.59 Å². The molecule has 4 nitrogen and oxygen atoms in total. The van der Waals surface area contributed by atoms with E-state index in [-0.39, 0.29) is 11.8 Å². The molecule has 0 bridgehead atoms. The number of rotatable bonds is 10. The normalized spacial score (nSPS) is 11.7. The van der Waals surface area contributed by atoms with E-state index in [1.165, 1.54) is 0 Å². The third kappa shape index (κ3) is 6.88. The summed E-state index contributed by atoms with van der Waals surface area (Å²) in [4.78, 5) is 28.4.